The molecule has 1 aliphatic carbocycles. The summed E-state index contributed by atoms with van der Waals surface area (Å²) in [5, 5.41) is 7.84. The molecule has 0 saturated heterocycles. The van der Waals surface area contributed by atoms with Gasteiger partial charge in [0.25, 0.3) is 0 Å². The van der Waals surface area contributed by atoms with Gasteiger partial charge in [-0.2, -0.15) is 0 Å². The molecule has 3 heteroatoms. The van der Waals surface area contributed by atoms with Crippen molar-refractivity contribution >= 4 is 71.3 Å². The Kier molecular flexibility index (Phi) is 8.04. The Morgan fingerprint density at radius 3 is 1.32 bits per heavy atom. The molecule has 1 unspecified atom stereocenters. The number of rotatable bonds is 7. The van der Waals surface area contributed by atoms with Crippen LogP contribution in [0.15, 0.2) is 236 Å². The molecule has 3 nitrogen and oxygen atoms in total. The topological polar surface area (TPSA) is 12.6 Å². The number of hydrogen-bond acceptors (Lipinski definition) is 1. The molecule has 0 saturated carbocycles. The quantitative estimate of drug-likeness (QED) is 0.156. The predicted molar refractivity (Wildman–Crippen MR) is 266 cm³/mol. The van der Waals surface area contributed by atoms with Crippen LogP contribution in [0.3, 0.4) is 0 Å². The first-order chi connectivity index (χ1) is 31.2. The fraction of sp³-hybridized carbons (Fsp3) is 0.0333. The third-order valence-corrected chi connectivity index (χ3v) is 13.4. The van der Waals surface area contributed by atoms with Gasteiger partial charge >= 0.3 is 0 Å². The van der Waals surface area contributed by atoms with Gasteiger partial charge in [-0.3, -0.25) is 0 Å². The average Bonchev–Trinajstić information content (AvgIpc) is 4.00. The molecule has 0 spiro atoms. The van der Waals surface area contributed by atoms with Gasteiger partial charge in [0.15, 0.2) is 0 Å². The van der Waals surface area contributed by atoms with Crippen LogP contribution in [0.2, 0.25) is 0 Å². The summed E-state index contributed by atoms with van der Waals surface area (Å²) in [6, 6.07) is 77.7. The van der Waals surface area contributed by atoms with Crippen molar-refractivity contribution in [3.05, 3.63) is 242 Å². The Morgan fingerprint density at radius 1 is 0.397 bits per heavy atom. The zero-order valence-corrected chi connectivity index (χ0v) is 34.6. The molecule has 1 atom stereocenters. The van der Waals surface area contributed by atoms with E-state index >= 15 is 0 Å². The molecule has 0 amide bonds. The molecule has 0 fully saturated rings. The van der Waals surface area contributed by atoms with E-state index in [9.17, 15) is 0 Å². The molecule has 0 radical (unpaired) electrons. The second-order valence-corrected chi connectivity index (χ2v) is 16.9. The lowest BCUT2D eigenvalue weighted by molar-refractivity contribution is 0.842. The van der Waals surface area contributed by atoms with Crippen LogP contribution in [0.5, 0.6) is 0 Å². The van der Waals surface area contributed by atoms with E-state index in [0.29, 0.717) is 0 Å². The Labute approximate surface area is 365 Å². The van der Waals surface area contributed by atoms with Crippen molar-refractivity contribution in [3.63, 3.8) is 0 Å². The van der Waals surface area contributed by atoms with Crippen molar-refractivity contribution in [1.29, 1.82) is 0 Å². The number of hydrogen-bond donors (Lipinski definition) is 0. The van der Waals surface area contributed by atoms with E-state index in [1.165, 1.54) is 93.4 Å². The van der Waals surface area contributed by atoms with Gasteiger partial charge in [-0.15, -0.1) is 0 Å². The number of allylic oxidation sites excluding steroid dienone is 3. The minimum Gasteiger partial charge on any atom is -0.311 e. The minimum absolute atomic E-state index is 0.263. The summed E-state index contributed by atoms with van der Waals surface area (Å²) in [4.78, 5) is 2.41. The van der Waals surface area contributed by atoms with Crippen LogP contribution >= 0.6 is 0 Å². The summed E-state index contributed by atoms with van der Waals surface area (Å²) >= 11 is 0. The summed E-state index contributed by atoms with van der Waals surface area (Å²) < 4.78 is 4.83. The summed E-state index contributed by atoms with van der Waals surface area (Å²) in [5.41, 5.74) is 17.1. The highest BCUT2D eigenvalue weighted by Gasteiger charge is 2.23. The minimum atomic E-state index is 0.263. The molecule has 13 rings (SSSR count). The van der Waals surface area contributed by atoms with Gasteiger partial charge in [-0.1, -0.05) is 152 Å². The molecule has 0 N–H and O–H groups in total. The van der Waals surface area contributed by atoms with Crippen molar-refractivity contribution in [3.8, 4) is 27.9 Å². The number of aromatic nitrogens is 2. The zero-order chi connectivity index (χ0) is 41.4. The van der Waals surface area contributed by atoms with E-state index in [0.717, 1.165) is 23.5 Å². The largest absolute Gasteiger partial charge is 0.311 e. The summed E-state index contributed by atoms with van der Waals surface area (Å²) in [7, 11) is 0. The van der Waals surface area contributed by atoms with Crippen molar-refractivity contribution in [1.82, 2.24) is 8.97 Å². The maximum absolute atomic E-state index is 2.46. The van der Waals surface area contributed by atoms with Crippen LogP contribution in [-0.4, -0.2) is 8.97 Å². The Balaban J connectivity index is 0.848. The van der Waals surface area contributed by atoms with Gasteiger partial charge < -0.3 is 13.9 Å². The highest BCUT2D eigenvalue weighted by Crippen LogP contribution is 2.43. The lowest BCUT2D eigenvalue weighted by Gasteiger charge is -2.29. The van der Waals surface area contributed by atoms with Crippen molar-refractivity contribution < 1.29 is 0 Å². The fourth-order valence-corrected chi connectivity index (χ4v) is 10.4. The molecule has 3 aromatic heterocycles. The van der Waals surface area contributed by atoms with Gasteiger partial charge in [0.05, 0.1) is 27.6 Å². The number of fused-ring (bicyclic) bond motifs is 9. The predicted octanol–water partition coefficient (Wildman–Crippen LogP) is 16.0. The lowest BCUT2D eigenvalue weighted by atomic mass is 9.89. The second kappa shape index (κ2) is 14.2. The van der Waals surface area contributed by atoms with E-state index in [1.54, 1.807) is 0 Å². The van der Waals surface area contributed by atoms with Crippen molar-refractivity contribution in [2.45, 2.75) is 12.3 Å². The number of nitrogens with zero attached hydrogens (tertiary/aromatic N) is 3. The Bertz CT molecular complexity index is 3600. The monoisotopic (exact) mass is 803 g/mol. The summed E-state index contributed by atoms with van der Waals surface area (Å²) in [6.07, 6.45) is 8.09. The second-order valence-electron chi connectivity index (χ2n) is 16.9. The van der Waals surface area contributed by atoms with Gasteiger partial charge in [0.1, 0.15) is 0 Å². The van der Waals surface area contributed by atoms with Crippen LogP contribution in [0.25, 0.3) is 87.8 Å². The molecule has 9 aromatic carbocycles. The highest BCUT2D eigenvalue weighted by atomic mass is 15.1. The summed E-state index contributed by atoms with van der Waals surface area (Å²) in [6.45, 7) is 0. The number of para-hydroxylation sites is 4. The standard InChI is InChI=1S/C60H41N3/c1-2-12-40(13-3-1)41-22-30-46(31-23-41)61(47-32-24-42(25-33-47)43-26-36-49(37-27-43)62-56-18-8-4-14-50(56)51-15-5-9-19-57(51)62)48-34-28-44(29-35-48)45-38-54-52-16-6-10-20-58(52)63-59-21-11-7-17-53(59)55(39-45)60(54)63/h1-28,30-39,44H,29H2. The average molecular weight is 804 g/mol. The highest BCUT2D eigenvalue weighted by molar-refractivity contribution is 6.23. The van der Waals surface area contributed by atoms with Gasteiger partial charge in [0, 0.05) is 61.0 Å². The third kappa shape index (κ3) is 5.67. The van der Waals surface area contributed by atoms with Gasteiger partial charge in [-0.25, -0.2) is 0 Å². The molecule has 0 aliphatic heterocycles. The van der Waals surface area contributed by atoms with E-state index in [-0.39, 0.29) is 5.92 Å². The van der Waals surface area contributed by atoms with E-state index in [1.807, 2.05) is 0 Å². The van der Waals surface area contributed by atoms with E-state index in [2.05, 4.69) is 244 Å². The van der Waals surface area contributed by atoms with Crippen molar-refractivity contribution in [2.24, 2.45) is 0 Å². The van der Waals surface area contributed by atoms with Crippen LogP contribution in [0, 0.1) is 0 Å². The van der Waals surface area contributed by atoms with Crippen LogP contribution < -0.4 is 4.90 Å². The van der Waals surface area contributed by atoms with Crippen LogP contribution in [-0.2, 0) is 0 Å². The first-order valence-corrected chi connectivity index (χ1v) is 22.0. The van der Waals surface area contributed by atoms with E-state index in [4.69, 9.17) is 0 Å². The molecule has 12 aromatic rings. The van der Waals surface area contributed by atoms with Crippen LogP contribution in [0.4, 0.5) is 11.4 Å². The zero-order valence-electron chi connectivity index (χ0n) is 34.6. The van der Waals surface area contributed by atoms with E-state index < -0.39 is 0 Å². The lowest BCUT2D eigenvalue weighted by Crippen LogP contribution is -2.17. The molecular formula is C60H41N3. The fourth-order valence-electron chi connectivity index (χ4n) is 10.4. The third-order valence-electron chi connectivity index (χ3n) is 13.4. The van der Waals surface area contributed by atoms with Crippen LogP contribution in [0.1, 0.15) is 17.9 Å². The Hall–Kier alpha value is -8.14. The maximum Gasteiger partial charge on any atom is 0.0620 e. The van der Waals surface area contributed by atoms with Gasteiger partial charge in [0.2, 0.25) is 0 Å². The maximum atomic E-state index is 2.46. The van der Waals surface area contributed by atoms with Gasteiger partial charge in [-0.05, 0) is 113 Å². The molecule has 296 valence electrons. The molecule has 63 heavy (non-hydrogen) atoms. The van der Waals surface area contributed by atoms with Crippen molar-refractivity contribution in [2.75, 3.05) is 4.90 Å². The molecule has 0 bridgehead atoms. The molecule has 1 aliphatic rings. The normalized spacial score (nSPS) is 14.2. The number of anilines is 2. The number of benzene rings is 9. The summed E-state index contributed by atoms with van der Waals surface area (Å²) in [5.74, 6) is 0.263. The Morgan fingerprint density at radius 2 is 0.825 bits per heavy atom. The SMILES string of the molecule is C1=CC(c2cc3c4ccccc4n4c5ccccc5c(c2)c34)CC=C1N(c1ccc(-c2ccccc2)cc1)c1ccc(-c2ccc(-n3c4ccccc4c4ccccc43)cc2)cc1. The molecule has 3 heterocycles. The first-order valence-electron chi connectivity index (χ1n) is 22.0. The first kappa shape index (κ1) is 35.6. The smallest absolute Gasteiger partial charge is 0.0620 e. The molecular weight excluding hydrogens is 763 g/mol.